The Hall–Kier alpha value is -1.34. The molecule has 120 valence electrons. The monoisotopic (exact) mass is 300 g/mol. The molecular weight excluding hydrogens is 276 g/mol. The number of carboxylic acids is 1. The van der Waals surface area contributed by atoms with Gasteiger partial charge >= 0.3 is 12.0 Å². The average Bonchev–Trinajstić information content (AvgIpc) is 2.81. The highest BCUT2D eigenvalue weighted by Crippen LogP contribution is 2.29. The molecule has 2 aliphatic rings. The van der Waals surface area contributed by atoms with Gasteiger partial charge in [-0.15, -0.1) is 0 Å². The largest absolute Gasteiger partial charge is 0.481 e. The molecule has 4 unspecified atom stereocenters. The molecule has 1 aliphatic carbocycles. The van der Waals surface area contributed by atoms with Gasteiger partial charge in [0, 0.05) is 7.05 Å². The van der Waals surface area contributed by atoms with Gasteiger partial charge in [-0.1, -0.05) is 12.8 Å². The van der Waals surface area contributed by atoms with Crippen molar-refractivity contribution in [3.63, 3.8) is 0 Å². The predicted molar refractivity (Wildman–Crippen MR) is 74.9 cm³/mol. The van der Waals surface area contributed by atoms with Crippen molar-refractivity contribution in [1.29, 1.82) is 0 Å². The van der Waals surface area contributed by atoms with Crippen LogP contribution >= 0.6 is 0 Å². The van der Waals surface area contributed by atoms with Crippen LogP contribution in [0.3, 0.4) is 0 Å². The number of aliphatic carboxylic acids is 1. The van der Waals surface area contributed by atoms with E-state index in [0.717, 1.165) is 19.3 Å². The minimum absolute atomic E-state index is 0.0864. The van der Waals surface area contributed by atoms with Crippen LogP contribution in [0.25, 0.3) is 0 Å². The Labute approximate surface area is 124 Å². The Morgan fingerprint density at radius 2 is 2.00 bits per heavy atom. The average molecular weight is 300 g/mol. The second kappa shape index (κ2) is 6.19. The highest BCUT2D eigenvalue weighted by atomic mass is 16.5. The van der Waals surface area contributed by atoms with Crippen LogP contribution in [-0.2, 0) is 9.53 Å². The van der Waals surface area contributed by atoms with Crippen LogP contribution in [0.1, 0.15) is 32.6 Å². The van der Waals surface area contributed by atoms with Gasteiger partial charge in [0.2, 0.25) is 0 Å². The van der Waals surface area contributed by atoms with Gasteiger partial charge in [-0.05, 0) is 19.8 Å². The summed E-state index contributed by atoms with van der Waals surface area (Å²) < 4.78 is 5.22. The van der Waals surface area contributed by atoms with Crippen LogP contribution in [0.2, 0.25) is 0 Å². The van der Waals surface area contributed by atoms with Crippen molar-refractivity contribution in [2.45, 2.75) is 50.8 Å². The number of nitrogens with one attached hydrogen (secondary N) is 1. The van der Waals surface area contributed by atoms with Crippen molar-refractivity contribution in [3.8, 4) is 0 Å². The quantitative estimate of drug-likeness (QED) is 0.701. The maximum atomic E-state index is 12.3. The van der Waals surface area contributed by atoms with Crippen LogP contribution < -0.4 is 5.32 Å². The lowest BCUT2D eigenvalue weighted by atomic mass is 9.85. The molecule has 0 aromatic rings. The van der Waals surface area contributed by atoms with Gasteiger partial charge in [0.25, 0.3) is 0 Å². The number of amides is 2. The van der Waals surface area contributed by atoms with E-state index in [0.29, 0.717) is 6.42 Å². The van der Waals surface area contributed by atoms with Crippen molar-refractivity contribution in [1.82, 2.24) is 10.2 Å². The van der Waals surface area contributed by atoms with Crippen molar-refractivity contribution >= 4 is 12.0 Å². The Kier molecular flexibility index (Phi) is 4.73. The summed E-state index contributed by atoms with van der Waals surface area (Å²) in [5.41, 5.74) is -1.11. The van der Waals surface area contributed by atoms with Crippen LogP contribution in [0.4, 0.5) is 4.79 Å². The van der Waals surface area contributed by atoms with Gasteiger partial charge in [-0.2, -0.15) is 0 Å². The molecule has 2 fully saturated rings. The highest BCUT2D eigenvalue weighted by molar-refractivity contribution is 5.79. The topological polar surface area (TPSA) is 99.1 Å². The van der Waals surface area contributed by atoms with E-state index in [1.807, 2.05) is 0 Å². The number of urea groups is 1. The number of aliphatic hydroxyl groups is 1. The lowest BCUT2D eigenvalue weighted by Gasteiger charge is -2.36. The van der Waals surface area contributed by atoms with Crippen LogP contribution in [0.5, 0.6) is 0 Å². The van der Waals surface area contributed by atoms with Crippen LogP contribution in [0, 0.1) is 5.41 Å². The molecule has 7 nitrogen and oxygen atoms in total. The molecule has 2 rings (SSSR count). The Morgan fingerprint density at radius 1 is 1.33 bits per heavy atom. The number of ether oxygens (including phenoxy) is 1. The van der Waals surface area contributed by atoms with Crippen LogP contribution in [-0.4, -0.2) is 65.6 Å². The van der Waals surface area contributed by atoms with Gasteiger partial charge in [-0.25, -0.2) is 4.79 Å². The Bertz CT molecular complexity index is 416. The van der Waals surface area contributed by atoms with E-state index in [2.05, 4.69) is 5.32 Å². The number of carboxylic acid groups (broad SMARTS) is 1. The molecule has 3 N–H and O–H groups in total. The molecule has 0 aromatic heterocycles. The third-order valence-corrected chi connectivity index (χ3v) is 4.75. The zero-order valence-electron chi connectivity index (χ0n) is 12.5. The maximum Gasteiger partial charge on any atom is 0.317 e. The third-order valence-electron chi connectivity index (χ3n) is 4.75. The molecule has 4 atom stereocenters. The van der Waals surface area contributed by atoms with Crippen molar-refractivity contribution < 1.29 is 24.5 Å². The summed E-state index contributed by atoms with van der Waals surface area (Å²) in [5, 5.41) is 22.0. The van der Waals surface area contributed by atoms with Crippen molar-refractivity contribution in [2.75, 3.05) is 20.3 Å². The van der Waals surface area contributed by atoms with E-state index in [4.69, 9.17) is 4.74 Å². The fourth-order valence-electron chi connectivity index (χ4n) is 3.03. The zero-order valence-corrected chi connectivity index (χ0v) is 12.5. The van der Waals surface area contributed by atoms with E-state index in [1.165, 1.54) is 4.90 Å². The van der Waals surface area contributed by atoms with E-state index in [9.17, 15) is 19.8 Å². The van der Waals surface area contributed by atoms with Gasteiger partial charge in [0.05, 0.1) is 31.4 Å². The molecule has 0 bridgehead atoms. The predicted octanol–water partition coefficient (Wildman–Crippen LogP) is 0.421. The summed E-state index contributed by atoms with van der Waals surface area (Å²) in [6, 6.07) is -1.13. The maximum absolute atomic E-state index is 12.3. The number of hydrogen-bond donors (Lipinski definition) is 3. The molecule has 7 heteroatoms. The van der Waals surface area contributed by atoms with Crippen molar-refractivity contribution in [2.24, 2.45) is 5.41 Å². The summed E-state index contributed by atoms with van der Waals surface area (Å²) in [4.78, 5) is 25.2. The number of nitrogens with zero attached hydrogens (tertiary/aromatic N) is 1. The molecule has 1 saturated heterocycles. The summed E-state index contributed by atoms with van der Waals surface area (Å²) >= 11 is 0. The SMILES string of the molecule is CN(C(=O)NC1COCC1(C)C(=O)O)C1CCCCC1O. The zero-order chi connectivity index (χ0) is 15.6. The number of carbonyl (C=O) groups is 2. The van der Waals surface area contributed by atoms with E-state index in [1.54, 1.807) is 14.0 Å². The van der Waals surface area contributed by atoms with Gasteiger partial charge in [0.15, 0.2) is 0 Å². The van der Waals surface area contributed by atoms with E-state index >= 15 is 0 Å². The summed E-state index contributed by atoms with van der Waals surface area (Å²) in [7, 11) is 1.64. The first-order valence-corrected chi connectivity index (χ1v) is 7.39. The molecule has 0 spiro atoms. The fourth-order valence-corrected chi connectivity index (χ4v) is 3.03. The number of hydrogen-bond acceptors (Lipinski definition) is 4. The smallest absolute Gasteiger partial charge is 0.317 e. The van der Waals surface area contributed by atoms with Gasteiger partial charge < -0.3 is 25.2 Å². The minimum Gasteiger partial charge on any atom is -0.481 e. The second-order valence-corrected chi connectivity index (χ2v) is 6.27. The minimum atomic E-state index is -1.11. The Balaban J connectivity index is 1.99. The van der Waals surface area contributed by atoms with E-state index < -0.39 is 23.5 Å². The van der Waals surface area contributed by atoms with Crippen molar-refractivity contribution in [3.05, 3.63) is 0 Å². The summed E-state index contributed by atoms with van der Waals surface area (Å²) in [5.74, 6) is -0.981. The van der Waals surface area contributed by atoms with Crippen LogP contribution in [0.15, 0.2) is 0 Å². The second-order valence-electron chi connectivity index (χ2n) is 6.27. The standard InChI is InChI=1S/C14H24N2O5/c1-14(12(18)19)8-21-7-11(14)15-13(20)16(2)9-5-3-4-6-10(9)17/h9-11,17H,3-8H2,1-2H3,(H,15,20)(H,18,19). The molecule has 1 aliphatic heterocycles. The lowest BCUT2D eigenvalue weighted by Crippen LogP contribution is -2.56. The molecule has 1 saturated carbocycles. The molecular formula is C14H24N2O5. The number of likely N-dealkylation sites (N-methyl/N-ethyl adjacent to an activating group) is 1. The first kappa shape index (κ1) is 16.0. The number of rotatable bonds is 3. The Morgan fingerprint density at radius 3 is 2.62 bits per heavy atom. The van der Waals surface area contributed by atoms with Gasteiger partial charge in [0.1, 0.15) is 5.41 Å². The van der Waals surface area contributed by atoms with Gasteiger partial charge in [-0.3, -0.25) is 4.79 Å². The normalized spacial score (nSPS) is 36.2. The lowest BCUT2D eigenvalue weighted by molar-refractivity contribution is -0.148. The third kappa shape index (κ3) is 3.13. The molecule has 2 amide bonds. The molecule has 0 aromatic carbocycles. The first-order chi connectivity index (χ1) is 9.86. The number of carbonyl (C=O) groups excluding carboxylic acids is 1. The molecule has 0 radical (unpaired) electrons. The molecule has 1 heterocycles. The summed E-state index contributed by atoms with van der Waals surface area (Å²) in [6.07, 6.45) is 2.91. The van der Waals surface area contributed by atoms with E-state index in [-0.39, 0.29) is 25.3 Å². The highest BCUT2D eigenvalue weighted by Gasteiger charge is 2.48. The number of aliphatic hydroxyl groups excluding tert-OH is 1. The molecule has 21 heavy (non-hydrogen) atoms. The summed E-state index contributed by atoms with van der Waals surface area (Å²) in [6.45, 7) is 1.85. The fraction of sp³-hybridized carbons (Fsp3) is 0.857. The first-order valence-electron chi connectivity index (χ1n) is 7.39.